The molecule has 2 heteroatoms. The highest BCUT2D eigenvalue weighted by molar-refractivity contribution is 6.68. The smallest absolute Gasteiger partial charge is 0.120 e. The lowest BCUT2D eigenvalue weighted by molar-refractivity contribution is 0.264. The Morgan fingerprint density at radius 1 is 1.25 bits per heavy atom. The standard InChI is InChI=1S/C10H20OSi/c1-8(2)12(9(3)4)10-6-5-7-11-10/h6,8-9,12H,5,7H2,1-4H3. The molecule has 0 aromatic rings. The van der Waals surface area contributed by atoms with E-state index in [0.29, 0.717) is 0 Å². The summed E-state index contributed by atoms with van der Waals surface area (Å²) in [6.45, 7) is 10.3. The van der Waals surface area contributed by atoms with Gasteiger partial charge in [-0.3, -0.25) is 0 Å². The summed E-state index contributed by atoms with van der Waals surface area (Å²) in [5.74, 6) is 0. The summed E-state index contributed by atoms with van der Waals surface area (Å²) in [6, 6.07) is 0. The van der Waals surface area contributed by atoms with E-state index in [4.69, 9.17) is 4.74 Å². The van der Waals surface area contributed by atoms with Crippen molar-refractivity contribution in [1.29, 1.82) is 0 Å². The van der Waals surface area contributed by atoms with Crippen LogP contribution in [-0.4, -0.2) is 15.4 Å². The molecule has 0 aliphatic carbocycles. The van der Waals surface area contributed by atoms with Crippen LogP contribution in [0.2, 0.25) is 11.1 Å². The average Bonchev–Trinajstić information content (AvgIpc) is 2.37. The van der Waals surface area contributed by atoms with Gasteiger partial charge in [0.2, 0.25) is 0 Å². The Labute approximate surface area is 77.4 Å². The van der Waals surface area contributed by atoms with E-state index >= 15 is 0 Å². The Morgan fingerprint density at radius 3 is 2.17 bits per heavy atom. The molecule has 0 N–H and O–H groups in total. The van der Waals surface area contributed by atoms with Crippen LogP contribution in [0, 0.1) is 0 Å². The third-order valence-corrected chi connectivity index (χ3v) is 6.43. The normalized spacial score (nSPS) is 17.4. The summed E-state index contributed by atoms with van der Waals surface area (Å²) in [4.78, 5) is 0. The molecule has 1 aliphatic rings. The fourth-order valence-corrected chi connectivity index (χ4v) is 5.70. The third kappa shape index (κ3) is 2.13. The molecule has 0 aromatic carbocycles. The van der Waals surface area contributed by atoms with Crippen molar-refractivity contribution in [3.05, 3.63) is 11.5 Å². The largest absolute Gasteiger partial charge is 0.503 e. The fraction of sp³-hybridized carbons (Fsp3) is 0.800. The van der Waals surface area contributed by atoms with Crippen molar-refractivity contribution in [1.82, 2.24) is 0 Å². The third-order valence-electron chi connectivity index (χ3n) is 2.50. The van der Waals surface area contributed by atoms with Crippen LogP contribution in [0.1, 0.15) is 34.1 Å². The van der Waals surface area contributed by atoms with E-state index in [2.05, 4.69) is 33.8 Å². The molecule has 0 bridgehead atoms. The topological polar surface area (TPSA) is 9.23 Å². The van der Waals surface area contributed by atoms with Crippen LogP contribution in [0.5, 0.6) is 0 Å². The van der Waals surface area contributed by atoms with E-state index < -0.39 is 8.80 Å². The zero-order valence-corrected chi connectivity index (χ0v) is 9.79. The Hall–Kier alpha value is -0.243. The molecule has 0 saturated heterocycles. The van der Waals surface area contributed by atoms with Gasteiger partial charge >= 0.3 is 0 Å². The van der Waals surface area contributed by atoms with Gasteiger partial charge in [0.25, 0.3) is 0 Å². The molecule has 1 aliphatic heterocycles. The Bertz CT molecular complexity index is 165. The van der Waals surface area contributed by atoms with Gasteiger partial charge in [-0.2, -0.15) is 0 Å². The first-order valence-electron chi connectivity index (χ1n) is 4.95. The summed E-state index contributed by atoms with van der Waals surface area (Å²) >= 11 is 0. The predicted molar refractivity (Wildman–Crippen MR) is 56.0 cm³/mol. The van der Waals surface area contributed by atoms with Gasteiger partial charge in [0.1, 0.15) is 8.80 Å². The van der Waals surface area contributed by atoms with Crippen LogP contribution in [0.3, 0.4) is 0 Å². The maximum Gasteiger partial charge on any atom is 0.120 e. The van der Waals surface area contributed by atoms with Crippen molar-refractivity contribution in [2.24, 2.45) is 0 Å². The summed E-state index contributed by atoms with van der Waals surface area (Å²) in [6.07, 6.45) is 3.45. The summed E-state index contributed by atoms with van der Waals surface area (Å²) < 4.78 is 5.66. The summed E-state index contributed by atoms with van der Waals surface area (Å²) in [5.41, 5.74) is 1.66. The maximum atomic E-state index is 5.66. The number of rotatable bonds is 3. The lowest BCUT2D eigenvalue weighted by atomic mass is 10.5. The lowest BCUT2D eigenvalue weighted by Gasteiger charge is -2.23. The molecule has 0 aromatic heterocycles. The minimum atomic E-state index is -0.794. The van der Waals surface area contributed by atoms with E-state index in [0.717, 1.165) is 24.1 Å². The van der Waals surface area contributed by atoms with Crippen LogP contribution < -0.4 is 0 Å². The quantitative estimate of drug-likeness (QED) is 0.613. The molecular formula is C10H20OSi. The fourth-order valence-electron chi connectivity index (χ4n) is 2.10. The molecule has 0 amide bonds. The molecule has 0 atom stereocenters. The van der Waals surface area contributed by atoms with Crippen LogP contribution in [-0.2, 0) is 4.74 Å². The number of hydrogen-bond donors (Lipinski definition) is 0. The van der Waals surface area contributed by atoms with Gasteiger partial charge in [-0.1, -0.05) is 27.7 Å². The highest BCUT2D eigenvalue weighted by Gasteiger charge is 2.26. The molecule has 70 valence electrons. The molecule has 1 nitrogen and oxygen atoms in total. The Morgan fingerprint density at radius 2 is 1.83 bits per heavy atom. The van der Waals surface area contributed by atoms with Crippen molar-refractivity contribution in [3.8, 4) is 0 Å². The van der Waals surface area contributed by atoms with Gasteiger partial charge in [0.15, 0.2) is 0 Å². The second kappa shape index (κ2) is 4.12. The first kappa shape index (κ1) is 9.84. The predicted octanol–water partition coefficient (Wildman–Crippen LogP) is 2.88. The molecule has 12 heavy (non-hydrogen) atoms. The van der Waals surface area contributed by atoms with Gasteiger partial charge in [-0.25, -0.2) is 0 Å². The molecule has 0 saturated carbocycles. The van der Waals surface area contributed by atoms with Crippen molar-refractivity contribution >= 4 is 8.80 Å². The van der Waals surface area contributed by atoms with Crippen LogP contribution in [0.25, 0.3) is 0 Å². The van der Waals surface area contributed by atoms with Gasteiger partial charge in [-0.15, -0.1) is 0 Å². The van der Waals surface area contributed by atoms with Gasteiger partial charge in [0, 0.05) is 6.42 Å². The van der Waals surface area contributed by atoms with Crippen molar-refractivity contribution in [2.45, 2.75) is 45.2 Å². The number of hydrogen-bond acceptors (Lipinski definition) is 1. The SMILES string of the molecule is CC(C)[SiH](C1=CCCO1)C(C)C. The first-order valence-corrected chi connectivity index (χ1v) is 6.87. The van der Waals surface area contributed by atoms with E-state index in [-0.39, 0.29) is 0 Å². The van der Waals surface area contributed by atoms with Crippen LogP contribution >= 0.6 is 0 Å². The molecule has 1 rings (SSSR count). The highest BCUT2D eigenvalue weighted by atomic mass is 28.3. The first-order chi connectivity index (χ1) is 5.63. The van der Waals surface area contributed by atoms with Crippen molar-refractivity contribution in [3.63, 3.8) is 0 Å². The van der Waals surface area contributed by atoms with Crippen molar-refractivity contribution in [2.75, 3.05) is 6.61 Å². The molecule has 0 spiro atoms. The van der Waals surface area contributed by atoms with Crippen LogP contribution in [0.4, 0.5) is 0 Å². The minimum absolute atomic E-state index is 0.794. The summed E-state index contributed by atoms with van der Waals surface area (Å²) in [5, 5.41) is 1.38. The minimum Gasteiger partial charge on any atom is -0.503 e. The van der Waals surface area contributed by atoms with E-state index in [1.165, 1.54) is 5.38 Å². The average molecular weight is 184 g/mol. The van der Waals surface area contributed by atoms with Gasteiger partial charge in [-0.05, 0) is 17.2 Å². The lowest BCUT2D eigenvalue weighted by Crippen LogP contribution is -2.24. The molecular weight excluding hydrogens is 164 g/mol. The monoisotopic (exact) mass is 184 g/mol. The Kier molecular flexibility index (Phi) is 3.38. The summed E-state index contributed by atoms with van der Waals surface area (Å²) in [7, 11) is -0.794. The number of ether oxygens (including phenoxy) is 1. The van der Waals surface area contributed by atoms with Crippen LogP contribution in [0.15, 0.2) is 11.5 Å². The molecule has 1 heterocycles. The van der Waals surface area contributed by atoms with Crippen molar-refractivity contribution < 1.29 is 4.74 Å². The Balaban J connectivity index is 2.65. The van der Waals surface area contributed by atoms with E-state index in [9.17, 15) is 0 Å². The second-order valence-corrected chi connectivity index (χ2v) is 8.54. The zero-order chi connectivity index (χ0) is 9.14. The van der Waals surface area contributed by atoms with Gasteiger partial charge < -0.3 is 4.74 Å². The van der Waals surface area contributed by atoms with E-state index in [1.54, 1.807) is 0 Å². The zero-order valence-electron chi connectivity index (χ0n) is 8.63. The molecule has 0 unspecified atom stereocenters. The van der Waals surface area contributed by atoms with Gasteiger partial charge in [0.05, 0.1) is 12.0 Å². The van der Waals surface area contributed by atoms with E-state index in [1.807, 2.05) is 0 Å². The highest BCUT2D eigenvalue weighted by Crippen LogP contribution is 2.29. The second-order valence-electron chi connectivity index (χ2n) is 4.26. The molecule has 0 radical (unpaired) electrons. The molecule has 0 fully saturated rings. The maximum absolute atomic E-state index is 5.66.